The second-order valence-corrected chi connectivity index (χ2v) is 6.08. The van der Waals surface area contributed by atoms with Crippen molar-refractivity contribution in [3.63, 3.8) is 0 Å². The topological polar surface area (TPSA) is 33.4 Å². The third kappa shape index (κ3) is 2.30. The van der Waals surface area contributed by atoms with Crippen LogP contribution in [0.1, 0.15) is 5.56 Å². The smallest absolute Gasteiger partial charge is 0.178 e. The van der Waals surface area contributed by atoms with E-state index in [0.29, 0.717) is 15.9 Å². The third-order valence-electron chi connectivity index (χ3n) is 4.05. The fourth-order valence-corrected chi connectivity index (χ4v) is 3.02. The predicted octanol–water partition coefficient (Wildman–Crippen LogP) is 6.00. The van der Waals surface area contributed by atoms with E-state index in [1.807, 2.05) is 67.6 Å². The molecule has 2 nitrogen and oxygen atoms in total. The molecule has 0 aliphatic rings. The maximum Gasteiger partial charge on any atom is 0.178 e. The summed E-state index contributed by atoms with van der Waals surface area (Å²) in [6.45, 7) is 2.02. The summed E-state index contributed by atoms with van der Waals surface area (Å²) in [5, 5.41) is 13.4. The van der Waals surface area contributed by atoms with Gasteiger partial charge in [0.05, 0.1) is 4.51 Å². The van der Waals surface area contributed by atoms with Crippen molar-refractivity contribution in [3.05, 3.63) is 70.7 Å². The summed E-state index contributed by atoms with van der Waals surface area (Å²) in [6.07, 6.45) is 0. The lowest BCUT2D eigenvalue weighted by Gasteiger charge is -2.08. The Bertz CT molecular complexity index is 1090. The SMILES string of the molecule is Cc1ccc(-c2oc3cc4ccccc4cc3c(=S)c2O)cc1. The number of benzene rings is 3. The van der Waals surface area contributed by atoms with Crippen molar-refractivity contribution in [2.24, 2.45) is 0 Å². The Kier molecular flexibility index (Phi) is 3.17. The van der Waals surface area contributed by atoms with Crippen LogP contribution in [-0.2, 0) is 0 Å². The molecule has 4 rings (SSSR count). The highest BCUT2D eigenvalue weighted by Gasteiger charge is 2.13. The molecule has 0 fully saturated rings. The Labute approximate surface area is 138 Å². The highest BCUT2D eigenvalue weighted by atomic mass is 32.1. The van der Waals surface area contributed by atoms with E-state index in [-0.39, 0.29) is 5.75 Å². The van der Waals surface area contributed by atoms with Gasteiger partial charge in [-0.05, 0) is 29.8 Å². The monoisotopic (exact) mass is 318 g/mol. The zero-order valence-electron chi connectivity index (χ0n) is 12.5. The quantitative estimate of drug-likeness (QED) is 0.345. The average molecular weight is 318 g/mol. The van der Waals surface area contributed by atoms with Crippen LogP contribution in [0, 0.1) is 11.4 Å². The Morgan fingerprint density at radius 3 is 2.26 bits per heavy atom. The Balaban J connectivity index is 2.06. The summed E-state index contributed by atoms with van der Waals surface area (Å²) in [5.74, 6) is 0.435. The van der Waals surface area contributed by atoms with Crippen molar-refractivity contribution < 1.29 is 9.52 Å². The molecule has 3 heteroatoms. The molecule has 1 aromatic heterocycles. The van der Waals surface area contributed by atoms with Crippen LogP contribution in [0.3, 0.4) is 0 Å². The number of rotatable bonds is 1. The number of aromatic hydroxyl groups is 1. The number of aryl methyl sites for hydroxylation is 1. The molecule has 0 saturated carbocycles. The summed E-state index contributed by atoms with van der Waals surface area (Å²) in [6, 6.07) is 19.8. The summed E-state index contributed by atoms with van der Waals surface area (Å²) >= 11 is 5.46. The van der Waals surface area contributed by atoms with Crippen LogP contribution in [0.15, 0.2) is 65.1 Å². The minimum Gasteiger partial charge on any atom is -0.503 e. The molecule has 0 bridgehead atoms. The molecule has 1 N–H and O–H groups in total. The van der Waals surface area contributed by atoms with Crippen molar-refractivity contribution in [2.75, 3.05) is 0 Å². The van der Waals surface area contributed by atoms with Gasteiger partial charge in [-0.3, -0.25) is 0 Å². The van der Waals surface area contributed by atoms with Crippen LogP contribution in [0.25, 0.3) is 33.1 Å². The van der Waals surface area contributed by atoms with Gasteiger partial charge in [0.2, 0.25) is 0 Å². The van der Waals surface area contributed by atoms with Crippen molar-refractivity contribution >= 4 is 34.0 Å². The molecular weight excluding hydrogens is 304 g/mol. The largest absolute Gasteiger partial charge is 0.503 e. The lowest BCUT2D eigenvalue weighted by atomic mass is 10.1. The van der Waals surface area contributed by atoms with Crippen LogP contribution in [0.2, 0.25) is 0 Å². The maximum absolute atomic E-state index is 10.5. The Hall–Kier alpha value is -2.65. The molecule has 0 unspecified atom stereocenters. The van der Waals surface area contributed by atoms with Crippen LogP contribution in [-0.4, -0.2) is 5.11 Å². The standard InChI is InChI=1S/C20H14O2S/c1-12-6-8-13(9-7-12)19-18(21)20(23)16-10-14-4-2-3-5-15(14)11-17(16)22-19/h2-11,21H,1H3. The Morgan fingerprint density at radius 2 is 1.57 bits per heavy atom. The predicted molar refractivity (Wildman–Crippen MR) is 96.4 cm³/mol. The van der Waals surface area contributed by atoms with Crippen molar-refractivity contribution in [3.8, 4) is 17.1 Å². The molecular formula is C20H14O2S. The fourth-order valence-electron chi connectivity index (χ4n) is 2.77. The lowest BCUT2D eigenvalue weighted by molar-refractivity contribution is 0.452. The molecule has 0 spiro atoms. The molecule has 112 valence electrons. The van der Waals surface area contributed by atoms with E-state index in [9.17, 15) is 5.11 Å². The van der Waals surface area contributed by atoms with E-state index in [2.05, 4.69) is 0 Å². The molecule has 0 atom stereocenters. The van der Waals surface area contributed by atoms with E-state index < -0.39 is 0 Å². The first-order valence-corrected chi connectivity index (χ1v) is 7.80. The molecule has 0 saturated heterocycles. The molecule has 4 aromatic rings. The van der Waals surface area contributed by atoms with E-state index in [1.54, 1.807) is 0 Å². The van der Waals surface area contributed by atoms with Gasteiger partial charge in [-0.25, -0.2) is 0 Å². The van der Waals surface area contributed by atoms with Gasteiger partial charge in [0, 0.05) is 10.9 Å². The minimum absolute atomic E-state index is 0.0200. The number of fused-ring (bicyclic) bond motifs is 2. The van der Waals surface area contributed by atoms with E-state index in [4.69, 9.17) is 16.6 Å². The minimum atomic E-state index is 0.0200. The first-order valence-electron chi connectivity index (χ1n) is 7.39. The summed E-state index contributed by atoms with van der Waals surface area (Å²) < 4.78 is 6.41. The molecule has 0 aliphatic carbocycles. The van der Waals surface area contributed by atoms with Gasteiger partial charge in [0.1, 0.15) is 5.58 Å². The second kappa shape index (κ2) is 5.21. The first kappa shape index (κ1) is 14.0. The third-order valence-corrected chi connectivity index (χ3v) is 4.46. The van der Waals surface area contributed by atoms with Crippen molar-refractivity contribution in [2.45, 2.75) is 6.92 Å². The van der Waals surface area contributed by atoms with Gasteiger partial charge >= 0.3 is 0 Å². The van der Waals surface area contributed by atoms with E-state index in [0.717, 1.165) is 27.3 Å². The van der Waals surface area contributed by atoms with Gasteiger partial charge in [-0.2, -0.15) is 0 Å². The molecule has 0 radical (unpaired) electrons. The van der Waals surface area contributed by atoms with E-state index in [1.165, 1.54) is 0 Å². The van der Waals surface area contributed by atoms with Gasteiger partial charge in [-0.15, -0.1) is 0 Å². The summed E-state index contributed by atoms with van der Waals surface area (Å²) in [7, 11) is 0. The highest BCUT2D eigenvalue weighted by molar-refractivity contribution is 7.71. The zero-order chi connectivity index (χ0) is 16.0. The van der Waals surface area contributed by atoms with Crippen LogP contribution in [0.5, 0.6) is 5.75 Å². The molecule has 1 heterocycles. The highest BCUT2D eigenvalue weighted by Crippen LogP contribution is 2.36. The zero-order valence-corrected chi connectivity index (χ0v) is 13.4. The molecule has 23 heavy (non-hydrogen) atoms. The van der Waals surface area contributed by atoms with Crippen LogP contribution < -0.4 is 0 Å². The average Bonchev–Trinajstić information content (AvgIpc) is 2.58. The van der Waals surface area contributed by atoms with Crippen molar-refractivity contribution in [1.82, 2.24) is 0 Å². The maximum atomic E-state index is 10.5. The lowest BCUT2D eigenvalue weighted by Crippen LogP contribution is -1.84. The first-order chi connectivity index (χ1) is 11.1. The summed E-state index contributed by atoms with van der Waals surface area (Å²) in [5.41, 5.74) is 2.65. The Morgan fingerprint density at radius 1 is 0.913 bits per heavy atom. The van der Waals surface area contributed by atoms with Gasteiger partial charge in [0.25, 0.3) is 0 Å². The van der Waals surface area contributed by atoms with Gasteiger partial charge in [0.15, 0.2) is 11.5 Å². The molecule has 0 amide bonds. The summed E-state index contributed by atoms with van der Waals surface area (Å²) in [4.78, 5) is 0. The second-order valence-electron chi connectivity index (χ2n) is 5.67. The van der Waals surface area contributed by atoms with Gasteiger partial charge in [-0.1, -0.05) is 66.3 Å². The van der Waals surface area contributed by atoms with Gasteiger partial charge < -0.3 is 9.52 Å². The molecule has 0 aliphatic heterocycles. The normalized spacial score (nSPS) is 11.2. The number of hydrogen-bond donors (Lipinski definition) is 1. The molecule has 3 aromatic carbocycles. The van der Waals surface area contributed by atoms with Crippen LogP contribution in [0.4, 0.5) is 0 Å². The fraction of sp³-hybridized carbons (Fsp3) is 0.0500. The van der Waals surface area contributed by atoms with E-state index >= 15 is 0 Å². The van der Waals surface area contributed by atoms with Crippen molar-refractivity contribution in [1.29, 1.82) is 0 Å². The van der Waals surface area contributed by atoms with Crippen LogP contribution >= 0.6 is 12.2 Å². The number of hydrogen-bond acceptors (Lipinski definition) is 3.